The Kier molecular flexibility index (Phi) is 4.93. The molecular weight excluding hydrogens is 324 g/mol. The van der Waals surface area contributed by atoms with Crippen LogP contribution in [0, 0.1) is 12.8 Å². The van der Waals surface area contributed by atoms with Gasteiger partial charge in [0.05, 0.1) is 0 Å². The summed E-state index contributed by atoms with van der Waals surface area (Å²) >= 11 is 0. The zero-order valence-electron chi connectivity index (χ0n) is 15.3. The molecule has 4 nitrogen and oxygen atoms in total. The molecule has 1 amide bonds. The molecule has 0 radical (unpaired) electrons. The number of aryl methyl sites for hydroxylation is 1. The Balaban J connectivity index is 1.27. The summed E-state index contributed by atoms with van der Waals surface area (Å²) < 4.78 is 6.06. The van der Waals surface area contributed by atoms with Crippen molar-refractivity contribution in [3.05, 3.63) is 65.2 Å². The van der Waals surface area contributed by atoms with Gasteiger partial charge in [-0.3, -0.25) is 9.69 Å². The van der Waals surface area contributed by atoms with Crippen LogP contribution in [0.3, 0.4) is 0 Å². The Hall–Kier alpha value is -2.33. The minimum Gasteiger partial charge on any atom is -0.488 e. The van der Waals surface area contributed by atoms with Crippen molar-refractivity contribution in [3.8, 4) is 5.75 Å². The third-order valence-corrected chi connectivity index (χ3v) is 5.23. The zero-order valence-corrected chi connectivity index (χ0v) is 15.3. The molecule has 1 saturated carbocycles. The number of carbonyl (C=O) groups excluding carboxylic acids is 1. The number of hydrogen-bond acceptors (Lipinski definition) is 3. The van der Waals surface area contributed by atoms with Crippen molar-refractivity contribution in [2.75, 3.05) is 19.6 Å². The van der Waals surface area contributed by atoms with E-state index in [9.17, 15) is 4.79 Å². The molecule has 0 unspecified atom stereocenters. The molecule has 26 heavy (non-hydrogen) atoms. The normalized spacial score (nSPS) is 17.6. The second-order valence-electron chi connectivity index (χ2n) is 7.54. The first-order chi connectivity index (χ1) is 12.7. The van der Waals surface area contributed by atoms with E-state index < -0.39 is 0 Å². The highest BCUT2D eigenvalue weighted by Crippen LogP contribution is 2.27. The summed E-state index contributed by atoms with van der Waals surface area (Å²) in [6.07, 6.45) is 2.68. The molecule has 4 rings (SSSR count). The van der Waals surface area contributed by atoms with Gasteiger partial charge >= 0.3 is 0 Å². The lowest BCUT2D eigenvalue weighted by molar-refractivity contribution is 0.0144. The number of ether oxygens (including phenoxy) is 1. The van der Waals surface area contributed by atoms with Crippen molar-refractivity contribution in [2.24, 2.45) is 5.92 Å². The molecule has 1 N–H and O–H groups in total. The standard InChI is InChI=1S/C22H26N2O2/c1-16-5-2-3-6-19(16)13-24-14-21(15-24)26-20-8-4-7-18(11-20)22(25)23-12-17-9-10-17/h2-8,11,17,21H,9-10,12-15H2,1H3,(H,23,25). The Morgan fingerprint density at radius 3 is 2.73 bits per heavy atom. The molecule has 0 aromatic heterocycles. The molecule has 2 aliphatic rings. The van der Waals surface area contributed by atoms with Gasteiger partial charge in [-0.1, -0.05) is 30.3 Å². The average Bonchev–Trinajstić information content (AvgIpc) is 3.44. The summed E-state index contributed by atoms with van der Waals surface area (Å²) in [5.41, 5.74) is 3.39. The van der Waals surface area contributed by atoms with Crippen LogP contribution in [0.25, 0.3) is 0 Å². The lowest BCUT2D eigenvalue weighted by atomic mass is 10.1. The molecule has 1 aliphatic heterocycles. The predicted molar refractivity (Wildman–Crippen MR) is 102 cm³/mol. The highest BCUT2D eigenvalue weighted by molar-refractivity contribution is 5.94. The minimum atomic E-state index is -0.00265. The van der Waals surface area contributed by atoms with Crippen molar-refractivity contribution in [2.45, 2.75) is 32.4 Å². The molecule has 4 heteroatoms. The fourth-order valence-electron chi connectivity index (χ4n) is 3.32. The SMILES string of the molecule is Cc1ccccc1CN1CC(Oc2cccc(C(=O)NCC3CC3)c2)C1. The smallest absolute Gasteiger partial charge is 0.251 e. The zero-order chi connectivity index (χ0) is 17.9. The minimum absolute atomic E-state index is 0.00265. The van der Waals surface area contributed by atoms with E-state index >= 15 is 0 Å². The second kappa shape index (κ2) is 7.50. The van der Waals surface area contributed by atoms with Gasteiger partial charge in [-0.05, 0) is 55.0 Å². The van der Waals surface area contributed by atoms with Gasteiger partial charge in [-0.2, -0.15) is 0 Å². The molecule has 1 saturated heterocycles. The predicted octanol–water partition coefficient (Wildman–Crippen LogP) is 3.40. The Bertz CT molecular complexity index is 779. The lowest BCUT2D eigenvalue weighted by Gasteiger charge is -2.39. The van der Waals surface area contributed by atoms with E-state index in [0.717, 1.165) is 31.9 Å². The Morgan fingerprint density at radius 2 is 1.96 bits per heavy atom. The lowest BCUT2D eigenvalue weighted by Crippen LogP contribution is -2.53. The van der Waals surface area contributed by atoms with Crippen LogP contribution in [-0.4, -0.2) is 36.5 Å². The van der Waals surface area contributed by atoms with Crippen LogP contribution in [0.15, 0.2) is 48.5 Å². The summed E-state index contributed by atoms with van der Waals surface area (Å²) in [6.45, 7) is 5.76. The first kappa shape index (κ1) is 17.1. The van der Waals surface area contributed by atoms with Crippen molar-refractivity contribution in [1.82, 2.24) is 10.2 Å². The van der Waals surface area contributed by atoms with Crippen LogP contribution in [0.2, 0.25) is 0 Å². The van der Waals surface area contributed by atoms with Gasteiger partial charge in [0.1, 0.15) is 11.9 Å². The summed E-state index contributed by atoms with van der Waals surface area (Å²) in [5, 5.41) is 3.01. The maximum Gasteiger partial charge on any atom is 0.251 e. The van der Waals surface area contributed by atoms with E-state index in [0.29, 0.717) is 11.5 Å². The Morgan fingerprint density at radius 1 is 1.15 bits per heavy atom. The van der Waals surface area contributed by atoms with Gasteiger partial charge < -0.3 is 10.1 Å². The maximum absolute atomic E-state index is 12.2. The van der Waals surface area contributed by atoms with Crippen molar-refractivity contribution >= 4 is 5.91 Å². The first-order valence-corrected chi connectivity index (χ1v) is 9.49. The van der Waals surface area contributed by atoms with E-state index in [4.69, 9.17) is 4.74 Å². The molecular formula is C22H26N2O2. The molecule has 2 aromatic rings. The third-order valence-electron chi connectivity index (χ3n) is 5.23. The number of hydrogen-bond donors (Lipinski definition) is 1. The first-order valence-electron chi connectivity index (χ1n) is 9.49. The van der Waals surface area contributed by atoms with Gasteiger partial charge in [0, 0.05) is 31.7 Å². The van der Waals surface area contributed by atoms with Gasteiger partial charge in [0.25, 0.3) is 5.91 Å². The molecule has 0 atom stereocenters. The number of amides is 1. The van der Waals surface area contributed by atoms with E-state index in [1.165, 1.54) is 24.0 Å². The van der Waals surface area contributed by atoms with Crippen molar-refractivity contribution in [3.63, 3.8) is 0 Å². The van der Waals surface area contributed by atoms with Crippen LogP contribution in [0.1, 0.15) is 34.3 Å². The topological polar surface area (TPSA) is 41.6 Å². The van der Waals surface area contributed by atoms with Crippen LogP contribution in [0.5, 0.6) is 5.75 Å². The van der Waals surface area contributed by atoms with Crippen LogP contribution in [-0.2, 0) is 6.54 Å². The van der Waals surface area contributed by atoms with Gasteiger partial charge in [0.15, 0.2) is 0 Å². The van der Waals surface area contributed by atoms with Crippen LogP contribution < -0.4 is 10.1 Å². The highest BCUT2D eigenvalue weighted by Gasteiger charge is 2.28. The monoisotopic (exact) mass is 350 g/mol. The van der Waals surface area contributed by atoms with E-state index in [-0.39, 0.29) is 12.0 Å². The quantitative estimate of drug-likeness (QED) is 0.832. The van der Waals surface area contributed by atoms with Gasteiger partial charge in [-0.25, -0.2) is 0 Å². The fraction of sp³-hybridized carbons (Fsp3) is 0.409. The molecule has 2 aromatic carbocycles. The summed E-state index contributed by atoms with van der Waals surface area (Å²) in [6, 6.07) is 16.0. The summed E-state index contributed by atoms with van der Waals surface area (Å²) in [5.74, 6) is 1.47. The van der Waals surface area contributed by atoms with Gasteiger partial charge in [0.2, 0.25) is 0 Å². The fourth-order valence-corrected chi connectivity index (χ4v) is 3.32. The second-order valence-corrected chi connectivity index (χ2v) is 7.54. The average molecular weight is 350 g/mol. The molecule has 1 heterocycles. The number of rotatable bonds is 7. The third kappa shape index (κ3) is 4.25. The maximum atomic E-state index is 12.2. The van der Waals surface area contributed by atoms with E-state index in [2.05, 4.69) is 41.4 Å². The summed E-state index contributed by atoms with van der Waals surface area (Å²) in [7, 11) is 0. The molecule has 2 fully saturated rings. The largest absolute Gasteiger partial charge is 0.488 e. The number of benzene rings is 2. The molecule has 1 aliphatic carbocycles. The number of nitrogens with one attached hydrogen (secondary N) is 1. The highest BCUT2D eigenvalue weighted by atomic mass is 16.5. The van der Waals surface area contributed by atoms with Gasteiger partial charge in [-0.15, -0.1) is 0 Å². The van der Waals surface area contributed by atoms with E-state index in [1.807, 2.05) is 24.3 Å². The van der Waals surface area contributed by atoms with Crippen LogP contribution >= 0.6 is 0 Å². The van der Waals surface area contributed by atoms with Crippen LogP contribution in [0.4, 0.5) is 0 Å². The van der Waals surface area contributed by atoms with E-state index in [1.54, 1.807) is 0 Å². The van der Waals surface area contributed by atoms with Crippen molar-refractivity contribution in [1.29, 1.82) is 0 Å². The Labute approximate surface area is 155 Å². The molecule has 0 bridgehead atoms. The number of carbonyl (C=O) groups is 1. The van der Waals surface area contributed by atoms with Crippen molar-refractivity contribution < 1.29 is 9.53 Å². The molecule has 0 spiro atoms. The molecule has 136 valence electrons. The summed E-state index contributed by atoms with van der Waals surface area (Å²) in [4.78, 5) is 14.6. The number of nitrogens with zero attached hydrogens (tertiary/aromatic N) is 1. The number of likely N-dealkylation sites (tertiary alicyclic amines) is 1.